The molecule has 8 heteroatoms. The summed E-state index contributed by atoms with van der Waals surface area (Å²) in [5, 5.41) is 1.07. The number of methoxy groups -OCH3 is 1. The molecule has 0 aromatic carbocycles. The van der Waals surface area contributed by atoms with Gasteiger partial charge in [-0.15, -0.1) is 11.8 Å². The lowest BCUT2D eigenvalue weighted by molar-refractivity contribution is 0.218. The van der Waals surface area contributed by atoms with Crippen molar-refractivity contribution in [2.45, 2.75) is 43.0 Å². The molecular formula is C17H24N4O3S. The molecule has 0 bridgehead atoms. The van der Waals surface area contributed by atoms with E-state index in [1.165, 1.54) is 42.6 Å². The Morgan fingerprint density at radius 1 is 1.12 bits per heavy atom. The van der Waals surface area contributed by atoms with Crippen LogP contribution in [0, 0.1) is 0 Å². The Bertz CT molecular complexity index is 884. The number of ether oxygens (including phenoxy) is 1. The molecule has 0 radical (unpaired) electrons. The summed E-state index contributed by atoms with van der Waals surface area (Å²) in [4.78, 5) is 34.3. The molecule has 2 aromatic heterocycles. The van der Waals surface area contributed by atoms with Crippen LogP contribution in [0.5, 0.6) is 0 Å². The standard InChI is InChI=1S/C17H24N4O3S/c1-20-14-12(16(22)21(2)17(20)23)15(25-10-9-24-3)19-13(18-14)11-7-5-4-6-8-11/h11H,4-10H2,1-3H3. The van der Waals surface area contributed by atoms with Crippen LogP contribution in [0.15, 0.2) is 14.6 Å². The van der Waals surface area contributed by atoms with Gasteiger partial charge in [0.25, 0.3) is 5.56 Å². The molecule has 1 aliphatic carbocycles. The molecule has 2 heterocycles. The van der Waals surface area contributed by atoms with E-state index in [9.17, 15) is 9.59 Å². The molecular weight excluding hydrogens is 340 g/mol. The van der Waals surface area contributed by atoms with Crippen LogP contribution in [0.25, 0.3) is 11.0 Å². The van der Waals surface area contributed by atoms with E-state index in [0.29, 0.717) is 34.3 Å². The number of hydrogen-bond donors (Lipinski definition) is 0. The van der Waals surface area contributed by atoms with Crippen LogP contribution in [0.2, 0.25) is 0 Å². The third kappa shape index (κ3) is 3.50. The Hall–Kier alpha value is -1.67. The summed E-state index contributed by atoms with van der Waals surface area (Å²) in [5.74, 6) is 1.76. The minimum atomic E-state index is -0.362. The second kappa shape index (κ2) is 7.70. The van der Waals surface area contributed by atoms with E-state index in [1.807, 2.05) is 0 Å². The van der Waals surface area contributed by atoms with Crippen molar-refractivity contribution in [2.75, 3.05) is 19.5 Å². The quantitative estimate of drug-likeness (QED) is 0.457. The van der Waals surface area contributed by atoms with Crippen molar-refractivity contribution in [1.29, 1.82) is 0 Å². The molecule has 3 rings (SSSR count). The molecule has 25 heavy (non-hydrogen) atoms. The summed E-state index contributed by atoms with van der Waals surface area (Å²) in [6.45, 7) is 0.570. The normalized spacial score (nSPS) is 15.8. The van der Waals surface area contributed by atoms with Crippen LogP contribution in [-0.2, 0) is 18.8 Å². The fourth-order valence-electron chi connectivity index (χ4n) is 3.31. The van der Waals surface area contributed by atoms with Crippen molar-refractivity contribution in [1.82, 2.24) is 19.1 Å². The molecule has 7 nitrogen and oxygen atoms in total. The van der Waals surface area contributed by atoms with Gasteiger partial charge in [-0.3, -0.25) is 13.9 Å². The number of aryl methyl sites for hydroxylation is 1. The number of hydrogen-bond acceptors (Lipinski definition) is 6. The van der Waals surface area contributed by atoms with Crippen molar-refractivity contribution in [3.8, 4) is 0 Å². The molecule has 0 N–H and O–H groups in total. The smallest absolute Gasteiger partial charge is 0.332 e. The molecule has 0 spiro atoms. The van der Waals surface area contributed by atoms with Gasteiger partial charge in [0.2, 0.25) is 0 Å². The molecule has 0 saturated heterocycles. The summed E-state index contributed by atoms with van der Waals surface area (Å²) in [6, 6.07) is 0. The second-order valence-corrected chi connectivity index (χ2v) is 7.55. The molecule has 0 atom stereocenters. The Labute approximate surface area is 150 Å². The maximum absolute atomic E-state index is 12.7. The largest absolute Gasteiger partial charge is 0.384 e. The highest BCUT2D eigenvalue weighted by atomic mass is 32.2. The van der Waals surface area contributed by atoms with E-state index in [2.05, 4.69) is 4.98 Å². The van der Waals surface area contributed by atoms with E-state index in [0.717, 1.165) is 23.2 Å². The van der Waals surface area contributed by atoms with Crippen LogP contribution >= 0.6 is 11.8 Å². The summed E-state index contributed by atoms with van der Waals surface area (Å²) in [6.07, 6.45) is 5.72. The molecule has 136 valence electrons. The molecule has 1 fully saturated rings. The van der Waals surface area contributed by atoms with E-state index in [1.54, 1.807) is 14.2 Å². The van der Waals surface area contributed by atoms with Crippen molar-refractivity contribution >= 4 is 22.8 Å². The topological polar surface area (TPSA) is 79.0 Å². The van der Waals surface area contributed by atoms with Crippen molar-refractivity contribution in [3.63, 3.8) is 0 Å². The predicted octanol–water partition coefficient (Wildman–Crippen LogP) is 1.81. The third-order valence-electron chi connectivity index (χ3n) is 4.78. The van der Waals surface area contributed by atoms with Gasteiger partial charge >= 0.3 is 5.69 Å². The number of rotatable bonds is 5. The average molecular weight is 364 g/mol. The summed E-state index contributed by atoms with van der Waals surface area (Å²) in [5.41, 5.74) is -0.268. The summed E-state index contributed by atoms with van der Waals surface area (Å²) in [7, 11) is 4.79. The van der Waals surface area contributed by atoms with Gasteiger partial charge in [-0.05, 0) is 12.8 Å². The van der Waals surface area contributed by atoms with Crippen molar-refractivity contribution < 1.29 is 4.74 Å². The zero-order chi connectivity index (χ0) is 18.0. The van der Waals surface area contributed by atoms with Crippen LogP contribution in [0.3, 0.4) is 0 Å². The van der Waals surface area contributed by atoms with Crippen LogP contribution < -0.4 is 11.2 Å². The fraction of sp³-hybridized carbons (Fsp3) is 0.647. The van der Waals surface area contributed by atoms with Gasteiger partial charge in [0.1, 0.15) is 16.2 Å². The Kier molecular flexibility index (Phi) is 5.58. The minimum absolute atomic E-state index is 0.305. The minimum Gasteiger partial charge on any atom is -0.384 e. The number of aromatic nitrogens is 4. The first-order valence-electron chi connectivity index (χ1n) is 8.64. The maximum atomic E-state index is 12.7. The van der Waals surface area contributed by atoms with Crippen LogP contribution in [-0.4, -0.2) is 38.6 Å². The van der Waals surface area contributed by atoms with Gasteiger partial charge in [0, 0.05) is 32.9 Å². The molecule has 0 unspecified atom stereocenters. The number of thioether (sulfide) groups is 1. The fourth-order valence-corrected chi connectivity index (χ4v) is 4.24. The van der Waals surface area contributed by atoms with Crippen LogP contribution in [0.1, 0.15) is 43.8 Å². The second-order valence-electron chi connectivity index (χ2n) is 6.47. The van der Waals surface area contributed by atoms with E-state index in [-0.39, 0.29) is 11.2 Å². The first-order chi connectivity index (χ1) is 12.0. The highest BCUT2D eigenvalue weighted by Gasteiger charge is 2.23. The zero-order valence-corrected chi connectivity index (χ0v) is 15.8. The van der Waals surface area contributed by atoms with Gasteiger partial charge in [0.05, 0.1) is 6.61 Å². The van der Waals surface area contributed by atoms with Gasteiger partial charge in [-0.1, -0.05) is 19.3 Å². The van der Waals surface area contributed by atoms with E-state index >= 15 is 0 Å². The lowest BCUT2D eigenvalue weighted by Gasteiger charge is -2.21. The number of fused-ring (bicyclic) bond motifs is 1. The van der Waals surface area contributed by atoms with Crippen molar-refractivity contribution in [3.05, 3.63) is 26.7 Å². The monoisotopic (exact) mass is 364 g/mol. The zero-order valence-electron chi connectivity index (χ0n) is 14.9. The van der Waals surface area contributed by atoms with Gasteiger partial charge in [-0.25, -0.2) is 14.8 Å². The Balaban J connectivity index is 2.20. The van der Waals surface area contributed by atoms with E-state index < -0.39 is 0 Å². The SMILES string of the molecule is COCCSc1nc(C2CCCCC2)nc2c1c(=O)n(C)c(=O)n2C. The molecule has 1 aliphatic rings. The maximum Gasteiger partial charge on any atom is 0.332 e. The predicted molar refractivity (Wildman–Crippen MR) is 98.4 cm³/mol. The molecule has 0 aliphatic heterocycles. The van der Waals surface area contributed by atoms with Gasteiger partial charge in [-0.2, -0.15) is 0 Å². The highest BCUT2D eigenvalue weighted by Crippen LogP contribution is 2.33. The molecule has 0 amide bonds. The third-order valence-corrected chi connectivity index (χ3v) is 5.72. The van der Waals surface area contributed by atoms with E-state index in [4.69, 9.17) is 9.72 Å². The Morgan fingerprint density at radius 3 is 2.52 bits per heavy atom. The average Bonchev–Trinajstić information content (AvgIpc) is 2.65. The molecule has 1 saturated carbocycles. The highest BCUT2D eigenvalue weighted by molar-refractivity contribution is 7.99. The van der Waals surface area contributed by atoms with Gasteiger partial charge < -0.3 is 4.74 Å². The first kappa shape index (κ1) is 18.1. The van der Waals surface area contributed by atoms with Crippen molar-refractivity contribution in [2.24, 2.45) is 14.1 Å². The first-order valence-corrected chi connectivity index (χ1v) is 9.62. The summed E-state index contributed by atoms with van der Waals surface area (Å²) >= 11 is 1.49. The lowest BCUT2D eigenvalue weighted by atomic mass is 9.89. The lowest BCUT2D eigenvalue weighted by Crippen LogP contribution is -2.38. The molecule has 2 aromatic rings. The Morgan fingerprint density at radius 2 is 1.84 bits per heavy atom. The number of nitrogens with zero attached hydrogens (tertiary/aromatic N) is 4. The van der Waals surface area contributed by atoms with Crippen LogP contribution in [0.4, 0.5) is 0 Å². The van der Waals surface area contributed by atoms with Gasteiger partial charge in [0.15, 0.2) is 5.65 Å². The summed E-state index contributed by atoms with van der Waals surface area (Å²) < 4.78 is 7.68.